The minimum atomic E-state index is 0.322. The molecule has 0 aliphatic carbocycles. The van der Waals surface area contributed by atoms with Crippen molar-refractivity contribution >= 4 is 57.1 Å². The molecule has 0 aromatic rings. The number of hydrogen-bond acceptors (Lipinski definition) is 12. The molecule has 14 heteroatoms. The molecule has 2 aliphatic rings. The summed E-state index contributed by atoms with van der Waals surface area (Å²) in [6.07, 6.45) is 4.56. The molecule has 0 saturated heterocycles. The third-order valence-corrected chi connectivity index (χ3v) is 6.62. The van der Waals surface area contributed by atoms with Crippen molar-refractivity contribution in [1.82, 2.24) is 21.3 Å². The highest BCUT2D eigenvalue weighted by molar-refractivity contribution is 8.14. The van der Waals surface area contributed by atoms with Crippen molar-refractivity contribution in [2.24, 2.45) is 43.3 Å². The van der Waals surface area contributed by atoms with Crippen LogP contribution in [0.5, 0.6) is 0 Å². The molecular weight excluding hydrogens is 689 g/mol. The fraction of sp³-hybridized carbons (Fsp3) is 0.789. The summed E-state index contributed by atoms with van der Waals surface area (Å²) in [5, 5.41) is 28.3. The lowest BCUT2D eigenvalue weighted by atomic mass is 10.1. The average Bonchev–Trinajstić information content (AvgIpc) is 3.67. The van der Waals surface area contributed by atoms with Crippen LogP contribution in [0.3, 0.4) is 0 Å². The first-order chi connectivity index (χ1) is 23.9. The van der Waals surface area contributed by atoms with Crippen molar-refractivity contribution in [3.05, 3.63) is 12.8 Å². The van der Waals surface area contributed by atoms with Crippen LogP contribution in [0.15, 0.2) is 32.7 Å². The molecule has 0 spiro atoms. The standard InChI is InChI=1S/C6H13N3.C6H12N2S.C6H13N.C5H12N2S.C5H12N2.2C5H11N/c1-5(2)9-6-7-3-4-8-6;1-5(2)8-6-7-3-4-9-6;1-5(2)4-6(3)7;1-4(2)7-5(6)8-3;1-4(2)7-5(3)6;1-4-6-5(2)3;1-4(2)5(3)6/h5H,3-4H2,1-2H3,(H2,7,8,9);5H,3-4H2,1-2H3,(H,7,8);5,7H,4H2,1-3H3;4H,1-3H3,(H2,6,7);4H,1-3H3,(H2,6,7);4-6H,1H2,2-3H3;4,6H,1-3H3. The van der Waals surface area contributed by atoms with E-state index in [0.717, 1.165) is 54.4 Å². The monoisotopic (exact) mass is 773 g/mol. The van der Waals surface area contributed by atoms with Gasteiger partial charge in [-0.15, -0.1) is 0 Å². The van der Waals surface area contributed by atoms with E-state index in [0.29, 0.717) is 53.0 Å². The van der Waals surface area contributed by atoms with E-state index in [-0.39, 0.29) is 0 Å². The first-order valence-electron chi connectivity index (χ1n) is 18.5. The molecule has 0 amide bonds. The molecule has 0 unspecified atom stereocenters. The Labute approximate surface area is 330 Å². The summed E-state index contributed by atoms with van der Waals surface area (Å²) in [5.74, 6) is 3.84. The molecule has 2 heterocycles. The number of nitrogens with zero attached hydrogens (tertiary/aromatic N) is 4. The number of amidine groups is 3. The quantitative estimate of drug-likeness (QED) is 0.0859. The number of aliphatic imine (C=N–C) groups is 4. The lowest BCUT2D eigenvalue weighted by Crippen LogP contribution is -2.37. The molecule has 0 radical (unpaired) electrons. The Kier molecular flexibility index (Phi) is 44.5. The van der Waals surface area contributed by atoms with E-state index in [1.165, 1.54) is 11.8 Å². The van der Waals surface area contributed by atoms with Gasteiger partial charge in [-0.1, -0.05) is 57.8 Å². The molecular formula is C38H84N12S2. The second kappa shape index (κ2) is 39.5. The van der Waals surface area contributed by atoms with Gasteiger partial charge < -0.3 is 43.6 Å². The molecule has 52 heavy (non-hydrogen) atoms. The van der Waals surface area contributed by atoms with E-state index in [4.69, 9.17) is 22.3 Å². The van der Waals surface area contributed by atoms with Gasteiger partial charge in [-0.05, 0) is 121 Å². The summed E-state index contributed by atoms with van der Waals surface area (Å²) in [6.45, 7) is 40.7. The van der Waals surface area contributed by atoms with E-state index in [1.54, 1.807) is 13.1 Å². The predicted molar refractivity (Wildman–Crippen MR) is 244 cm³/mol. The minimum Gasteiger partial charge on any atom is -0.389 e. The highest BCUT2D eigenvalue weighted by atomic mass is 32.2. The molecule has 0 fully saturated rings. The third kappa shape index (κ3) is 62.4. The summed E-state index contributed by atoms with van der Waals surface area (Å²) in [4.78, 5) is 16.4. The van der Waals surface area contributed by atoms with Crippen LogP contribution in [0.2, 0.25) is 0 Å². The van der Waals surface area contributed by atoms with Crippen LogP contribution in [0, 0.1) is 22.7 Å². The summed E-state index contributed by atoms with van der Waals surface area (Å²) < 4.78 is 0. The molecule has 0 aromatic carbocycles. The van der Waals surface area contributed by atoms with Gasteiger partial charge in [0.1, 0.15) is 0 Å². The first-order valence-corrected chi connectivity index (χ1v) is 20.7. The van der Waals surface area contributed by atoms with E-state index in [2.05, 4.69) is 103 Å². The van der Waals surface area contributed by atoms with Gasteiger partial charge >= 0.3 is 0 Å². The SMILES string of the molecule is C=CNC(C)C.CC(=N)C(C)C.CC(=N)CC(C)C.CC(C)NC1=NCCN1.CC(C)NC1=NCCS1.CC(N)=NC(C)C.CSC(N)=NC(C)C. The van der Waals surface area contributed by atoms with Crippen LogP contribution in [-0.2, 0) is 0 Å². The van der Waals surface area contributed by atoms with E-state index >= 15 is 0 Å². The minimum absolute atomic E-state index is 0.322. The van der Waals surface area contributed by atoms with Gasteiger partial charge in [-0.3, -0.25) is 20.0 Å². The van der Waals surface area contributed by atoms with Crippen molar-refractivity contribution in [3.8, 4) is 0 Å². The highest BCUT2D eigenvalue weighted by Gasteiger charge is 2.06. The Morgan fingerprint density at radius 2 is 1.35 bits per heavy atom. The van der Waals surface area contributed by atoms with Crippen molar-refractivity contribution in [3.63, 3.8) is 0 Å². The van der Waals surface area contributed by atoms with Crippen molar-refractivity contribution in [2.45, 2.75) is 154 Å². The van der Waals surface area contributed by atoms with Crippen LogP contribution in [0.1, 0.15) is 124 Å². The molecule has 308 valence electrons. The van der Waals surface area contributed by atoms with Crippen molar-refractivity contribution in [2.75, 3.05) is 31.6 Å². The molecule has 2 rings (SSSR count). The molecule has 0 atom stereocenters. The fourth-order valence-electron chi connectivity index (χ4n) is 3.00. The maximum atomic E-state index is 7.02. The van der Waals surface area contributed by atoms with Gasteiger partial charge in [0.25, 0.3) is 0 Å². The molecule has 12 nitrogen and oxygen atoms in total. The lowest BCUT2D eigenvalue weighted by molar-refractivity contribution is 0.680. The number of thioether (sulfide) groups is 2. The summed E-state index contributed by atoms with van der Waals surface area (Å²) in [5.41, 5.74) is 12.2. The Morgan fingerprint density at radius 1 is 0.846 bits per heavy atom. The maximum absolute atomic E-state index is 7.02. The normalized spacial score (nSPS) is 13.2. The Bertz CT molecular complexity index is 966. The fourth-order valence-corrected chi connectivity index (χ4v) is 4.19. The van der Waals surface area contributed by atoms with Crippen LogP contribution < -0.4 is 32.7 Å². The van der Waals surface area contributed by atoms with Gasteiger partial charge in [0, 0.05) is 53.9 Å². The van der Waals surface area contributed by atoms with E-state index in [9.17, 15) is 0 Å². The number of rotatable bonds is 9. The average molecular weight is 773 g/mol. The topological polar surface area (TPSA) is 197 Å². The number of hydrogen-bond donors (Lipinski definition) is 8. The zero-order chi connectivity index (χ0) is 41.8. The van der Waals surface area contributed by atoms with Crippen molar-refractivity contribution < 1.29 is 0 Å². The first kappa shape index (κ1) is 58.6. The maximum Gasteiger partial charge on any atom is 0.191 e. The second-order valence-corrected chi connectivity index (χ2v) is 16.1. The molecule has 0 saturated carbocycles. The third-order valence-electron chi connectivity index (χ3n) is 5.19. The largest absolute Gasteiger partial charge is 0.389 e. The summed E-state index contributed by atoms with van der Waals surface area (Å²) >= 11 is 3.29. The molecule has 0 bridgehead atoms. The van der Waals surface area contributed by atoms with Crippen LogP contribution in [0.25, 0.3) is 0 Å². The highest BCUT2D eigenvalue weighted by Crippen LogP contribution is 2.09. The smallest absolute Gasteiger partial charge is 0.191 e. The van der Waals surface area contributed by atoms with Crippen molar-refractivity contribution in [1.29, 1.82) is 10.8 Å². The van der Waals surface area contributed by atoms with Crippen LogP contribution >= 0.6 is 23.5 Å². The van der Waals surface area contributed by atoms with E-state index in [1.807, 2.05) is 73.4 Å². The Balaban J connectivity index is -0.000000166. The van der Waals surface area contributed by atoms with E-state index < -0.39 is 0 Å². The van der Waals surface area contributed by atoms with Crippen LogP contribution in [0.4, 0.5) is 0 Å². The zero-order valence-electron chi connectivity index (χ0n) is 36.6. The van der Waals surface area contributed by atoms with Gasteiger partial charge in [0.15, 0.2) is 16.3 Å². The number of nitrogens with two attached hydrogens (primary N) is 2. The second-order valence-electron chi connectivity index (χ2n) is 14.2. The summed E-state index contributed by atoms with van der Waals surface area (Å²) in [6, 6.07) is 2.19. The zero-order valence-corrected chi connectivity index (χ0v) is 38.3. The number of guanidine groups is 1. The number of nitrogens with one attached hydrogen (secondary N) is 6. The summed E-state index contributed by atoms with van der Waals surface area (Å²) in [7, 11) is 0. The van der Waals surface area contributed by atoms with Gasteiger partial charge in [-0.25, -0.2) is 0 Å². The molecule has 2 aliphatic heterocycles. The lowest BCUT2D eigenvalue weighted by Gasteiger charge is -2.08. The molecule has 0 aromatic heterocycles. The van der Waals surface area contributed by atoms with Gasteiger partial charge in [0.05, 0.1) is 18.9 Å². The predicted octanol–water partition coefficient (Wildman–Crippen LogP) is 7.76. The molecule has 10 N–H and O–H groups in total. The van der Waals surface area contributed by atoms with Gasteiger partial charge in [-0.2, -0.15) is 0 Å². The van der Waals surface area contributed by atoms with Gasteiger partial charge in [0.2, 0.25) is 0 Å². The Morgan fingerprint density at radius 3 is 1.52 bits per heavy atom. The Hall–Kier alpha value is -2.74. The van der Waals surface area contributed by atoms with Crippen LogP contribution in [-0.4, -0.2) is 95.4 Å².